The van der Waals surface area contributed by atoms with E-state index in [4.69, 9.17) is 0 Å². The average Bonchev–Trinajstić information content (AvgIpc) is 2.54. The number of nitrogens with one attached hydrogen (secondary N) is 1. The van der Waals surface area contributed by atoms with Crippen LogP contribution in [0.25, 0.3) is 0 Å². The van der Waals surface area contributed by atoms with E-state index in [1.807, 2.05) is 0 Å². The number of alkyl halides is 3. The van der Waals surface area contributed by atoms with Gasteiger partial charge in [0.25, 0.3) is 5.56 Å². The van der Waals surface area contributed by atoms with Crippen LogP contribution in [-0.2, 0) is 16.1 Å². The summed E-state index contributed by atoms with van der Waals surface area (Å²) in [5.74, 6) is -2.13. The number of amides is 2. The summed E-state index contributed by atoms with van der Waals surface area (Å²) in [5, 5.41) is 2.68. The zero-order valence-corrected chi connectivity index (χ0v) is 12.9. The molecule has 0 unspecified atom stereocenters. The molecule has 0 atom stereocenters. The van der Waals surface area contributed by atoms with Gasteiger partial charge in [0.15, 0.2) is 0 Å². The lowest BCUT2D eigenvalue weighted by molar-refractivity contribution is -0.186. The lowest BCUT2D eigenvalue weighted by Gasteiger charge is -2.32. The molecular formula is C15H18F3N3O3. The van der Waals surface area contributed by atoms with Crippen LogP contribution in [0.1, 0.15) is 12.8 Å². The molecule has 1 fully saturated rings. The summed E-state index contributed by atoms with van der Waals surface area (Å²) in [4.78, 5) is 35.2. The normalized spacial score (nSPS) is 16.0. The molecule has 0 radical (unpaired) electrons. The Kier molecular flexibility index (Phi) is 5.63. The van der Waals surface area contributed by atoms with E-state index in [1.165, 1.54) is 16.8 Å². The summed E-state index contributed by atoms with van der Waals surface area (Å²) in [6, 6.07) is 4.56. The Balaban J connectivity index is 1.75. The molecule has 2 amide bonds. The van der Waals surface area contributed by atoms with Crippen molar-refractivity contribution in [2.75, 3.05) is 19.6 Å². The monoisotopic (exact) mass is 345 g/mol. The van der Waals surface area contributed by atoms with E-state index in [2.05, 4.69) is 5.32 Å². The van der Waals surface area contributed by atoms with Crippen molar-refractivity contribution in [1.82, 2.24) is 14.8 Å². The third kappa shape index (κ3) is 4.84. The number of likely N-dealkylation sites (tertiary alicyclic amines) is 1. The van der Waals surface area contributed by atoms with E-state index in [-0.39, 0.29) is 37.0 Å². The molecule has 6 nitrogen and oxygen atoms in total. The Morgan fingerprint density at radius 1 is 1.21 bits per heavy atom. The summed E-state index contributed by atoms with van der Waals surface area (Å²) in [7, 11) is 0. The summed E-state index contributed by atoms with van der Waals surface area (Å²) >= 11 is 0. The largest absolute Gasteiger partial charge is 0.471 e. The molecule has 1 saturated heterocycles. The standard InChI is InChI=1S/C15H18F3N3O3/c16-15(17,18)14(24)20-7-4-11(5-8-20)9-19-12(22)10-21-6-2-1-3-13(21)23/h1-3,6,11H,4-5,7-10H2,(H,19,22). The first-order valence-corrected chi connectivity index (χ1v) is 7.55. The Bertz CT molecular complexity index is 649. The number of halogens is 3. The van der Waals surface area contributed by atoms with Gasteiger partial charge in [-0.1, -0.05) is 6.07 Å². The van der Waals surface area contributed by atoms with Crippen LogP contribution in [0.4, 0.5) is 13.2 Å². The number of nitrogens with zero attached hydrogens (tertiary/aromatic N) is 2. The zero-order valence-electron chi connectivity index (χ0n) is 12.9. The zero-order chi connectivity index (χ0) is 17.7. The molecule has 1 aliphatic rings. The van der Waals surface area contributed by atoms with Crippen LogP contribution < -0.4 is 10.9 Å². The summed E-state index contributed by atoms with van der Waals surface area (Å²) < 4.78 is 38.3. The second-order valence-corrected chi connectivity index (χ2v) is 5.70. The fraction of sp³-hybridized carbons (Fsp3) is 0.533. The molecule has 1 aromatic heterocycles. The van der Waals surface area contributed by atoms with Crippen LogP contribution in [-0.4, -0.2) is 47.1 Å². The van der Waals surface area contributed by atoms with Gasteiger partial charge >= 0.3 is 12.1 Å². The van der Waals surface area contributed by atoms with E-state index >= 15 is 0 Å². The summed E-state index contributed by atoms with van der Waals surface area (Å²) in [6.07, 6.45) is -2.55. The van der Waals surface area contributed by atoms with Gasteiger partial charge in [-0.2, -0.15) is 13.2 Å². The Morgan fingerprint density at radius 2 is 1.88 bits per heavy atom. The van der Waals surface area contributed by atoms with Gasteiger partial charge in [0.05, 0.1) is 0 Å². The average molecular weight is 345 g/mol. The highest BCUT2D eigenvalue weighted by Gasteiger charge is 2.43. The maximum Gasteiger partial charge on any atom is 0.471 e. The predicted octanol–water partition coefficient (Wildman–Crippen LogP) is 0.765. The van der Waals surface area contributed by atoms with Gasteiger partial charge in [0.1, 0.15) is 6.54 Å². The minimum atomic E-state index is -4.84. The first-order chi connectivity index (χ1) is 11.3. The lowest BCUT2D eigenvalue weighted by atomic mass is 9.96. The van der Waals surface area contributed by atoms with Crippen molar-refractivity contribution in [2.45, 2.75) is 25.6 Å². The summed E-state index contributed by atoms with van der Waals surface area (Å²) in [5.41, 5.74) is -0.286. The first-order valence-electron chi connectivity index (χ1n) is 7.55. The van der Waals surface area contributed by atoms with Crippen molar-refractivity contribution in [3.8, 4) is 0 Å². The number of hydrogen-bond donors (Lipinski definition) is 1. The van der Waals surface area contributed by atoms with Gasteiger partial charge in [0, 0.05) is 31.9 Å². The van der Waals surface area contributed by atoms with Gasteiger partial charge in [0.2, 0.25) is 5.91 Å². The number of rotatable bonds is 4. The molecule has 9 heteroatoms. The number of pyridine rings is 1. The minimum absolute atomic E-state index is 0.0127. The maximum absolute atomic E-state index is 12.3. The van der Waals surface area contributed by atoms with E-state index in [9.17, 15) is 27.6 Å². The third-order valence-corrected chi connectivity index (χ3v) is 3.95. The highest BCUT2D eigenvalue weighted by Crippen LogP contribution is 2.23. The van der Waals surface area contributed by atoms with Crippen LogP contribution in [0.15, 0.2) is 29.2 Å². The smallest absolute Gasteiger partial charge is 0.354 e. The van der Waals surface area contributed by atoms with E-state index in [1.54, 1.807) is 12.1 Å². The highest BCUT2D eigenvalue weighted by atomic mass is 19.4. The number of carbonyl (C=O) groups is 2. The molecule has 1 aromatic rings. The molecule has 0 aromatic carbocycles. The Labute approximate surface area is 136 Å². The van der Waals surface area contributed by atoms with Crippen LogP contribution >= 0.6 is 0 Å². The van der Waals surface area contributed by atoms with E-state index < -0.39 is 12.1 Å². The van der Waals surface area contributed by atoms with Gasteiger partial charge in [-0.25, -0.2) is 0 Å². The maximum atomic E-state index is 12.3. The molecule has 0 aliphatic carbocycles. The highest BCUT2D eigenvalue weighted by molar-refractivity contribution is 5.81. The number of carbonyl (C=O) groups excluding carboxylic acids is 2. The fourth-order valence-electron chi connectivity index (χ4n) is 2.58. The van der Waals surface area contributed by atoms with Gasteiger partial charge in [-0.3, -0.25) is 14.4 Å². The topological polar surface area (TPSA) is 71.4 Å². The van der Waals surface area contributed by atoms with Crippen LogP contribution in [0.2, 0.25) is 0 Å². The molecule has 1 N–H and O–H groups in total. The van der Waals surface area contributed by atoms with Crippen LogP contribution in [0.5, 0.6) is 0 Å². The van der Waals surface area contributed by atoms with Crippen molar-refractivity contribution in [3.05, 3.63) is 34.7 Å². The van der Waals surface area contributed by atoms with Crippen molar-refractivity contribution in [3.63, 3.8) is 0 Å². The SMILES string of the molecule is O=C(Cn1ccccc1=O)NCC1CCN(C(=O)C(F)(F)F)CC1. The quantitative estimate of drug-likeness (QED) is 0.876. The number of piperidine rings is 1. The second-order valence-electron chi connectivity index (χ2n) is 5.70. The molecule has 1 aliphatic heterocycles. The molecule has 0 bridgehead atoms. The minimum Gasteiger partial charge on any atom is -0.354 e. The molecule has 0 saturated carbocycles. The van der Waals surface area contributed by atoms with Crippen LogP contribution in [0.3, 0.4) is 0 Å². The Hall–Kier alpha value is -2.32. The van der Waals surface area contributed by atoms with Crippen molar-refractivity contribution in [1.29, 1.82) is 0 Å². The lowest BCUT2D eigenvalue weighted by Crippen LogP contribution is -2.47. The molecule has 2 rings (SSSR count). The molecule has 2 heterocycles. The molecule has 24 heavy (non-hydrogen) atoms. The van der Waals surface area contributed by atoms with Crippen molar-refractivity contribution >= 4 is 11.8 Å². The van der Waals surface area contributed by atoms with Crippen molar-refractivity contribution < 1.29 is 22.8 Å². The van der Waals surface area contributed by atoms with Gasteiger partial charge < -0.3 is 14.8 Å². The Morgan fingerprint density at radius 3 is 2.46 bits per heavy atom. The summed E-state index contributed by atoms with van der Waals surface area (Å²) in [6.45, 7) is 0.258. The molecule has 0 spiro atoms. The molecule has 132 valence electrons. The second kappa shape index (κ2) is 7.50. The fourth-order valence-corrected chi connectivity index (χ4v) is 2.58. The first kappa shape index (κ1) is 18.0. The van der Waals surface area contributed by atoms with Crippen LogP contribution in [0, 0.1) is 5.92 Å². The van der Waals surface area contributed by atoms with Gasteiger partial charge in [-0.15, -0.1) is 0 Å². The molecular weight excluding hydrogens is 327 g/mol. The van der Waals surface area contributed by atoms with E-state index in [0.717, 1.165) is 4.90 Å². The number of aromatic nitrogens is 1. The van der Waals surface area contributed by atoms with E-state index in [0.29, 0.717) is 19.4 Å². The predicted molar refractivity (Wildman–Crippen MR) is 79.1 cm³/mol. The third-order valence-electron chi connectivity index (χ3n) is 3.95. The van der Waals surface area contributed by atoms with Gasteiger partial charge in [-0.05, 0) is 24.8 Å². The number of hydrogen-bond acceptors (Lipinski definition) is 3. The van der Waals surface area contributed by atoms with Crippen molar-refractivity contribution in [2.24, 2.45) is 5.92 Å².